The molecule has 2 heterocycles. The zero-order valence-corrected chi connectivity index (χ0v) is 10.9. The average molecular weight is 307 g/mol. The van der Waals surface area contributed by atoms with Crippen molar-refractivity contribution in [1.29, 1.82) is 0 Å². The lowest BCUT2D eigenvalue weighted by molar-refractivity contribution is -0.141. The summed E-state index contributed by atoms with van der Waals surface area (Å²) < 4.78 is 38.7. The Kier molecular flexibility index (Phi) is 3.05. The number of hydrogen-bond acceptors (Lipinski definition) is 4. The second-order valence-electron chi connectivity index (χ2n) is 4.40. The molecule has 0 spiro atoms. The molecule has 6 nitrogen and oxygen atoms in total. The van der Waals surface area contributed by atoms with Gasteiger partial charge in [0.1, 0.15) is 0 Å². The quantitative estimate of drug-likeness (QED) is 0.783. The number of primary amides is 1. The normalized spacial score (nSPS) is 11.8. The van der Waals surface area contributed by atoms with Gasteiger partial charge in [-0.25, -0.2) is 14.6 Å². The van der Waals surface area contributed by atoms with Gasteiger partial charge in [-0.3, -0.25) is 4.79 Å². The van der Waals surface area contributed by atoms with Crippen molar-refractivity contribution in [3.8, 4) is 5.82 Å². The third-order valence-electron chi connectivity index (χ3n) is 2.97. The monoisotopic (exact) mass is 307 g/mol. The van der Waals surface area contributed by atoms with Crippen molar-refractivity contribution in [2.24, 2.45) is 5.73 Å². The van der Waals surface area contributed by atoms with E-state index in [1.54, 1.807) is 24.3 Å². The zero-order chi connectivity index (χ0) is 15.9. The van der Waals surface area contributed by atoms with E-state index in [0.717, 1.165) is 6.20 Å². The maximum atomic E-state index is 12.5. The highest BCUT2D eigenvalue weighted by atomic mass is 19.4. The average Bonchev–Trinajstić information content (AvgIpc) is 2.86. The van der Waals surface area contributed by atoms with Crippen molar-refractivity contribution in [1.82, 2.24) is 19.7 Å². The van der Waals surface area contributed by atoms with Crippen LogP contribution in [0.2, 0.25) is 0 Å². The van der Waals surface area contributed by atoms with E-state index in [1.165, 1.54) is 4.68 Å². The van der Waals surface area contributed by atoms with E-state index in [9.17, 15) is 18.0 Å². The predicted octanol–water partition coefficient (Wildman–Crippen LogP) is 1.93. The number of rotatable bonds is 2. The van der Waals surface area contributed by atoms with E-state index in [1.807, 2.05) is 0 Å². The Labute approximate surface area is 121 Å². The number of fused-ring (bicyclic) bond motifs is 1. The number of alkyl halides is 3. The van der Waals surface area contributed by atoms with Crippen LogP contribution in [-0.2, 0) is 6.18 Å². The van der Waals surface area contributed by atoms with Gasteiger partial charge in [-0.1, -0.05) is 18.2 Å². The molecule has 2 aromatic heterocycles. The van der Waals surface area contributed by atoms with E-state index >= 15 is 0 Å². The Morgan fingerprint density at radius 3 is 2.45 bits per heavy atom. The van der Waals surface area contributed by atoms with Crippen molar-refractivity contribution < 1.29 is 18.0 Å². The first-order chi connectivity index (χ1) is 10.4. The van der Waals surface area contributed by atoms with E-state index in [2.05, 4.69) is 15.1 Å². The van der Waals surface area contributed by atoms with Crippen molar-refractivity contribution >= 4 is 16.8 Å². The predicted molar refractivity (Wildman–Crippen MR) is 70.2 cm³/mol. The van der Waals surface area contributed by atoms with Gasteiger partial charge in [-0.2, -0.15) is 18.3 Å². The van der Waals surface area contributed by atoms with Gasteiger partial charge in [0.2, 0.25) is 0 Å². The molecule has 0 saturated heterocycles. The molecule has 3 rings (SSSR count). The number of para-hydroxylation sites is 1. The molecule has 9 heteroatoms. The summed E-state index contributed by atoms with van der Waals surface area (Å²) in [5.74, 6) is -0.688. The van der Waals surface area contributed by atoms with Crippen LogP contribution in [0.15, 0.2) is 36.7 Å². The molecule has 0 bridgehead atoms. The zero-order valence-electron chi connectivity index (χ0n) is 10.9. The fourth-order valence-electron chi connectivity index (χ4n) is 2.00. The van der Waals surface area contributed by atoms with Crippen molar-refractivity contribution in [2.45, 2.75) is 6.18 Å². The van der Waals surface area contributed by atoms with Crippen LogP contribution in [0, 0.1) is 0 Å². The highest BCUT2D eigenvalue weighted by molar-refractivity contribution is 6.04. The maximum absolute atomic E-state index is 12.5. The lowest BCUT2D eigenvalue weighted by Crippen LogP contribution is -2.13. The number of carbonyl (C=O) groups excluding carboxylic acids is 1. The molecule has 0 aliphatic rings. The Hall–Kier alpha value is -2.97. The lowest BCUT2D eigenvalue weighted by Gasteiger charge is -2.06. The third-order valence-corrected chi connectivity index (χ3v) is 2.97. The summed E-state index contributed by atoms with van der Waals surface area (Å²) in [6.45, 7) is 0. The number of benzene rings is 1. The molecule has 0 radical (unpaired) electrons. The van der Waals surface area contributed by atoms with Crippen LogP contribution in [0.25, 0.3) is 16.7 Å². The number of amides is 1. The van der Waals surface area contributed by atoms with Gasteiger partial charge >= 0.3 is 6.18 Å². The molecule has 0 saturated carbocycles. The Morgan fingerprint density at radius 1 is 1.14 bits per heavy atom. The van der Waals surface area contributed by atoms with Crippen LogP contribution < -0.4 is 5.73 Å². The van der Waals surface area contributed by atoms with E-state index in [-0.39, 0.29) is 11.5 Å². The van der Waals surface area contributed by atoms with Crippen molar-refractivity contribution in [2.75, 3.05) is 0 Å². The van der Waals surface area contributed by atoms with E-state index in [4.69, 9.17) is 5.73 Å². The topological polar surface area (TPSA) is 86.7 Å². The summed E-state index contributed by atoms with van der Waals surface area (Å²) in [4.78, 5) is 18.4. The smallest absolute Gasteiger partial charge is 0.364 e. The summed E-state index contributed by atoms with van der Waals surface area (Å²) >= 11 is 0. The number of hydrogen-bond donors (Lipinski definition) is 1. The minimum absolute atomic E-state index is 0.0114. The molecule has 0 unspecified atom stereocenters. The van der Waals surface area contributed by atoms with Gasteiger partial charge in [0.15, 0.2) is 17.2 Å². The molecule has 1 aromatic carbocycles. The first kappa shape index (κ1) is 14.0. The fraction of sp³-hybridized carbons (Fsp3) is 0.0769. The highest BCUT2D eigenvalue weighted by Gasteiger charge is 2.33. The molecular formula is C13H8F3N5O. The Morgan fingerprint density at radius 2 is 1.86 bits per heavy atom. The van der Waals surface area contributed by atoms with Gasteiger partial charge in [0, 0.05) is 5.39 Å². The number of nitrogens with zero attached hydrogens (tertiary/aromatic N) is 4. The fourth-order valence-corrected chi connectivity index (χ4v) is 2.00. The number of aromatic nitrogens is 4. The van der Waals surface area contributed by atoms with Crippen LogP contribution >= 0.6 is 0 Å². The van der Waals surface area contributed by atoms with Gasteiger partial charge in [0.25, 0.3) is 5.91 Å². The first-order valence-corrected chi connectivity index (χ1v) is 6.05. The third kappa shape index (κ3) is 2.26. The van der Waals surface area contributed by atoms with Gasteiger partial charge in [-0.05, 0) is 6.07 Å². The van der Waals surface area contributed by atoms with Crippen LogP contribution in [-0.4, -0.2) is 25.7 Å². The molecular weight excluding hydrogens is 299 g/mol. The molecule has 22 heavy (non-hydrogen) atoms. The van der Waals surface area contributed by atoms with E-state index in [0.29, 0.717) is 17.1 Å². The van der Waals surface area contributed by atoms with Crippen LogP contribution in [0.5, 0.6) is 0 Å². The minimum Gasteiger partial charge on any atom is -0.364 e. The van der Waals surface area contributed by atoms with E-state index < -0.39 is 17.8 Å². The largest absolute Gasteiger partial charge is 0.434 e. The summed E-state index contributed by atoms with van der Waals surface area (Å²) in [6.07, 6.45) is -3.03. The maximum Gasteiger partial charge on any atom is 0.434 e. The molecule has 0 aliphatic carbocycles. The van der Waals surface area contributed by atoms with Crippen molar-refractivity contribution in [3.63, 3.8) is 0 Å². The lowest BCUT2D eigenvalue weighted by atomic mass is 10.2. The number of nitrogens with two attached hydrogens (primary N) is 1. The van der Waals surface area contributed by atoms with Crippen molar-refractivity contribution in [3.05, 3.63) is 48.0 Å². The second-order valence-corrected chi connectivity index (χ2v) is 4.40. The Balaban J connectivity index is 2.16. The van der Waals surface area contributed by atoms with Gasteiger partial charge in [0.05, 0.1) is 17.9 Å². The SMILES string of the molecule is NC(=O)c1nn(-c2cnc(C(F)(F)F)cn2)c2ccccc12. The molecule has 1 amide bonds. The minimum atomic E-state index is -4.57. The first-order valence-electron chi connectivity index (χ1n) is 6.05. The molecule has 2 N–H and O–H groups in total. The highest BCUT2D eigenvalue weighted by Crippen LogP contribution is 2.27. The summed E-state index contributed by atoms with van der Waals surface area (Å²) in [5.41, 5.74) is 4.65. The Bertz CT molecular complexity index is 854. The number of halogens is 3. The molecule has 112 valence electrons. The molecule has 0 aliphatic heterocycles. The summed E-state index contributed by atoms with van der Waals surface area (Å²) in [5, 5.41) is 4.49. The standard InChI is InChI=1S/C13H8F3N5O/c14-13(15,16)9-5-19-10(6-18-9)21-8-4-2-1-3-7(8)11(20-21)12(17)22/h1-6H,(H2,17,22). The van der Waals surface area contributed by atoms with Gasteiger partial charge < -0.3 is 5.73 Å². The second kappa shape index (κ2) is 4.79. The van der Waals surface area contributed by atoms with Gasteiger partial charge in [-0.15, -0.1) is 0 Å². The molecule has 3 aromatic rings. The van der Waals surface area contributed by atoms with Crippen LogP contribution in [0.3, 0.4) is 0 Å². The molecule has 0 atom stereocenters. The summed E-state index contributed by atoms with van der Waals surface area (Å²) in [7, 11) is 0. The summed E-state index contributed by atoms with van der Waals surface area (Å²) in [6, 6.07) is 6.67. The molecule has 0 fully saturated rings. The van der Waals surface area contributed by atoms with Crippen LogP contribution in [0.1, 0.15) is 16.2 Å². The number of carbonyl (C=O) groups is 1. The van der Waals surface area contributed by atoms with Crippen LogP contribution in [0.4, 0.5) is 13.2 Å².